The lowest BCUT2D eigenvalue weighted by atomic mass is 9.99. The van der Waals surface area contributed by atoms with E-state index in [2.05, 4.69) is 20.3 Å². The maximum Gasteiger partial charge on any atom is 0.245 e. The van der Waals surface area contributed by atoms with Crippen LogP contribution in [0.3, 0.4) is 0 Å². The first-order valence-electron chi connectivity index (χ1n) is 11.6. The van der Waals surface area contributed by atoms with Gasteiger partial charge in [-0.2, -0.15) is 0 Å². The molecule has 0 saturated carbocycles. The number of piperazine rings is 1. The second-order valence-corrected chi connectivity index (χ2v) is 11.1. The molecule has 9 nitrogen and oxygen atoms in total. The first-order chi connectivity index (χ1) is 16.7. The Morgan fingerprint density at radius 2 is 1.71 bits per heavy atom. The SMILES string of the molecule is CS(=O)(=O)Nc1ccccc1N1CCN(C(=O)C(Cc2ccc(Cl)cc2)NC(=O)C2CNC2)CC1. The molecule has 2 aromatic carbocycles. The molecule has 2 aromatic rings. The zero-order chi connectivity index (χ0) is 25.0. The predicted molar refractivity (Wildman–Crippen MR) is 137 cm³/mol. The highest BCUT2D eigenvalue weighted by atomic mass is 35.5. The van der Waals surface area contributed by atoms with E-state index in [1.165, 1.54) is 0 Å². The number of rotatable bonds is 8. The summed E-state index contributed by atoms with van der Waals surface area (Å²) in [4.78, 5) is 30.0. The summed E-state index contributed by atoms with van der Waals surface area (Å²) >= 11 is 6.00. The maximum atomic E-state index is 13.5. The fraction of sp³-hybridized carbons (Fsp3) is 0.417. The highest BCUT2D eigenvalue weighted by Crippen LogP contribution is 2.27. The molecule has 2 saturated heterocycles. The van der Waals surface area contributed by atoms with Gasteiger partial charge in [-0.3, -0.25) is 14.3 Å². The number of hydrogen-bond acceptors (Lipinski definition) is 6. The van der Waals surface area contributed by atoms with E-state index in [1.54, 1.807) is 29.2 Å². The van der Waals surface area contributed by atoms with Crippen molar-refractivity contribution in [1.29, 1.82) is 0 Å². The average molecular weight is 520 g/mol. The monoisotopic (exact) mass is 519 g/mol. The molecule has 0 aliphatic carbocycles. The zero-order valence-electron chi connectivity index (χ0n) is 19.5. The molecule has 2 aliphatic rings. The molecule has 3 N–H and O–H groups in total. The summed E-state index contributed by atoms with van der Waals surface area (Å²) in [6, 6.07) is 13.8. The minimum atomic E-state index is -3.42. The van der Waals surface area contributed by atoms with E-state index in [9.17, 15) is 18.0 Å². The Labute approximate surface area is 210 Å². The van der Waals surface area contributed by atoms with Gasteiger partial charge in [-0.25, -0.2) is 8.42 Å². The molecule has 0 radical (unpaired) electrons. The molecule has 0 bridgehead atoms. The number of amides is 2. The van der Waals surface area contributed by atoms with E-state index in [0.717, 1.165) is 17.5 Å². The highest BCUT2D eigenvalue weighted by molar-refractivity contribution is 7.92. The fourth-order valence-corrected chi connectivity index (χ4v) is 4.94. The largest absolute Gasteiger partial charge is 0.366 e. The summed E-state index contributed by atoms with van der Waals surface area (Å²) in [6.45, 7) is 3.25. The van der Waals surface area contributed by atoms with E-state index in [-0.39, 0.29) is 17.7 Å². The van der Waals surface area contributed by atoms with E-state index < -0.39 is 16.1 Å². The van der Waals surface area contributed by atoms with Crippen molar-refractivity contribution in [2.45, 2.75) is 12.5 Å². The number of nitrogens with zero attached hydrogens (tertiary/aromatic N) is 2. The van der Waals surface area contributed by atoms with Gasteiger partial charge in [-0.15, -0.1) is 0 Å². The minimum absolute atomic E-state index is 0.115. The van der Waals surface area contributed by atoms with E-state index in [1.807, 2.05) is 24.3 Å². The number of sulfonamides is 1. The van der Waals surface area contributed by atoms with Crippen LogP contribution in [-0.2, 0) is 26.0 Å². The van der Waals surface area contributed by atoms with Gasteiger partial charge < -0.3 is 20.4 Å². The lowest BCUT2D eigenvalue weighted by Gasteiger charge is -2.38. The second-order valence-electron chi connectivity index (χ2n) is 8.95. The standard InChI is InChI=1S/C24H30ClN5O4S/c1-35(33,34)28-20-4-2-3-5-22(20)29-10-12-30(13-11-29)24(32)21(27-23(31)18-15-26-16-18)14-17-6-8-19(25)9-7-17/h2-9,18,21,26,28H,10-16H2,1H3,(H,27,31). The Balaban J connectivity index is 1.44. The van der Waals surface area contributed by atoms with Crippen molar-refractivity contribution in [1.82, 2.24) is 15.5 Å². The van der Waals surface area contributed by atoms with Crippen molar-refractivity contribution in [2.24, 2.45) is 5.92 Å². The van der Waals surface area contributed by atoms with Crippen LogP contribution in [0.5, 0.6) is 0 Å². The summed E-state index contributed by atoms with van der Waals surface area (Å²) in [7, 11) is -3.42. The van der Waals surface area contributed by atoms with Gasteiger partial charge in [0.2, 0.25) is 21.8 Å². The van der Waals surface area contributed by atoms with Crippen LogP contribution >= 0.6 is 11.6 Å². The summed E-state index contributed by atoms with van der Waals surface area (Å²) in [5, 5.41) is 6.66. The summed E-state index contributed by atoms with van der Waals surface area (Å²) in [5.41, 5.74) is 2.20. The molecule has 2 amide bonds. The number of hydrogen-bond donors (Lipinski definition) is 3. The lowest BCUT2D eigenvalue weighted by molar-refractivity contribution is -0.138. The Kier molecular flexibility index (Phi) is 7.83. The number of nitrogens with one attached hydrogen (secondary N) is 3. The molecule has 1 atom stereocenters. The van der Waals surface area contributed by atoms with Gasteiger partial charge in [0, 0.05) is 50.7 Å². The average Bonchev–Trinajstić information content (AvgIpc) is 2.78. The van der Waals surface area contributed by atoms with Gasteiger partial charge >= 0.3 is 0 Å². The van der Waals surface area contributed by atoms with Gasteiger partial charge in [-0.1, -0.05) is 35.9 Å². The fourth-order valence-electron chi connectivity index (χ4n) is 4.24. The number of carbonyl (C=O) groups excluding carboxylic acids is 2. The molecule has 2 fully saturated rings. The van der Waals surface area contributed by atoms with E-state index >= 15 is 0 Å². The van der Waals surface area contributed by atoms with Gasteiger partial charge in [0.25, 0.3) is 0 Å². The first-order valence-corrected chi connectivity index (χ1v) is 13.8. The Morgan fingerprint density at radius 3 is 2.31 bits per heavy atom. The van der Waals surface area contributed by atoms with Crippen molar-refractivity contribution >= 4 is 44.8 Å². The molecule has 0 spiro atoms. The first kappa shape index (κ1) is 25.3. The van der Waals surface area contributed by atoms with Crippen LogP contribution in [0, 0.1) is 5.92 Å². The Hall–Kier alpha value is -2.82. The van der Waals surface area contributed by atoms with Crippen molar-refractivity contribution in [3.63, 3.8) is 0 Å². The third kappa shape index (κ3) is 6.65. The van der Waals surface area contributed by atoms with Crippen LogP contribution in [0.2, 0.25) is 5.02 Å². The zero-order valence-corrected chi connectivity index (χ0v) is 21.1. The maximum absolute atomic E-state index is 13.5. The molecule has 11 heteroatoms. The lowest BCUT2D eigenvalue weighted by Crippen LogP contribution is -2.58. The summed E-state index contributed by atoms with van der Waals surface area (Å²) < 4.78 is 26.1. The molecule has 2 aliphatic heterocycles. The van der Waals surface area contributed by atoms with Gasteiger partial charge in [-0.05, 0) is 29.8 Å². The van der Waals surface area contributed by atoms with Crippen molar-refractivity contribution in [3.8, 4) is 0 Å². The molecule has 0 aromatic heterocycles. The number of benzene rings is 2. The molecule has 35 heavy (non-hydrogen) atoms. The quantitative estimate of drug-likeness (QED) is 0.485. The van der Waals surface area contributed by atoms with Crippen LogP contribution in [-0.4, -0.2) is 76.7 Å². The number of carbonyl (C=O) groups is 2. The van der Waals surface area contributed by atoms with Crippen LogP contribution in [0.15, 0.2) is 48.5 Å². The van der Waals surface area contributed by atoms with Crippen LogP contribution in [0.4, 0.5) is 11.4 Å². The number of halogens is 1. The molecule has 2 heterocycles. The van der Waals surface area contributed by atoms with Crippen LogP contribution in [0.25, 0.3) is 0 Å². The molecule has 1 unspecified atom stereocenters. The van der Waals surface area contributed by atoms with Crippen molar-refractivity contribution in [2.75, 3.05) is 55.1 Å². The van der Waals surface area contributed by atoms with Crippen LogP contribution < -0.4 is 20.3 Å². The van der Waals surface area contributed by atoms with Gasteiger partial charge in [0.15, 0.2) is 0 Å². The Morgan fingerprint density at radius 1 is 1.06 bits per heavy atom. The normalized spacial score (nSPS) is 17.4. The summed E-state index contributed by atoms with van der Waals surface area (Å²) in [6.07, 6.45) is 1.50. The molecular weight excluding hydrogens is 490 g/mol. The predicted octanol–water partition coefficient (Wildman–Crippen LogP) is 1.31. The van der Waals surface area contributed by atoms with E-state index in [4.69, 9.17) is 11.6 Å². The molecular formula is C24H30ClN5O4S. The topological polar surface area (TPSA) is 111 Å². The van der Waals surface area contributed by atoms with Crippen LogP contribution in [0.1, 0.15) is 5.56 Å². The van der Waals surface area contributed by atoms with Gasteiger partial charge in [0.05, 0.1) is 23.5 Å². The Bertz CT molecular complexity index is 1160. The smallest absolute Gasteiger partial charge is 0.245 e. The third-order valence-electron chi connectivity index (χ3n) is 6.25. The van der Waals surface area contributed by atoms with Crippen molar-refractivity contribution < 1.29 is 18.0 Å². The number of anilines is 2. The summed E-state index contributed by atoms with van der Waals surface area (Å²) in [5.74, 6) is -0.357. The van der Waals surface area contributed by atoms with Crippen molar-refractivity contribution in [3.05, 3.63) is 59.1 Å². The van der Waals surface area contributed by atoms with Gasteiger partial charge in [0.1, 0.15) is 6.04 Å². The minimum Gasteiger partial charge on any atom is -0.366 e. The second kappa shape index (κ2) is 10.8. The highest BCUT2D eigenvalue weighted by Gasteiger charge is 2.33. The number of para-hydroxylation sites is 2. The van der Waals surface area contributed by atoms with E-state index in [0.29, 0.717) is 56.4 Å². The molecule has 4 rings (SSSR count). The molecule has 188 valence electrons. The third-order valence-corrected chi connectivity index (χ3v) is 7.09.